The Bertz CT molecular complexity index is 930. The molecule has 30 heavy (non-hydrogen) atoms. The highest BCUT2D eigenvalue weighted by Crippen LogP contribution is 2.32. The van der Waals surface area contributed by atoms with Crippen LogP contribution in [0.2, 0.25) is 5.02 Å². The first kappa shape index (κ1) is 22.2. The molecule has 2 aromatic rings. The molecule has 0 radical (unpaired) electrons. The van der Waals surface area contributed by atoms with Crippen LogP contribution in [-0.4, -0.2) is 58.8 Å². The van der Waals surface area contributed by atoms with E-state index in [-0.39, 0.29) is 11.4 Å². The molecule has 0 saturated heterocycles. The largest absolute Gasteiger partial charge is 0.338 e. The zero-order valence-electron chi connectivity index (χ0n) is 18.0. The van der Waals surface area contributed by atoms with E-state index in [1.165, 1.54) is 0 Å². The molecule has 0 aliphatic carbocycles. The fourth-order valence-electron chi connectivity index (χ4n) is 3.88. The van der Waals surface area contributed by atoms with Crippen LogP contribution in [0, 0.1) is 17.8 Å². The minimum absolute atomic E-state index is 0.0407. The molecule has 7 heteroatoms. The van der Waals surface area contributed by atoms with Crippen molar-refractivity contribution in [1.82, 2.24) is 24.9 Å². The molecule has 1 aromatic heterocycles. The first-order chi connectivity index (χ1) is 14.3. The topological polar surface area (TPSA) is 53.4 Å². The number of rotatable bonds is 6. The number of urea groups is 1. The van der Waals surface area contributed by atoms with E-state index in [9.17, 15) is 4.79 Å². The average Bonchev–Trinajstić information content (AvgIpc) is 2.99. The molecule has 1 aliphatic rings. The predicted molar refractivity (Wildman–Crippen MR) is 121 cm³/mol. The molecular formula is C23H30ClN5O. The van der Waals surface area contributed by atoms with Crippen LogP contribution in [0.5, 0.6) is 0 Å². The number of para-hydroxylation sites is 1. The number of aromatic nitrogens is 2. The van der Waals surface area contributed by atoms with E-state index in [0.717, 1.165) is 36.3 Å². The summed E-state index contributed by atoms with van der Waals surface area (Å²) in [6, 6.07) is 7.66. The van der Waals surface area contributed by atoms with Crippen molar-refractivity contribution in [2.75, 3.05) is 33.2 Å². The van der Waals surface area contributed by atoms with Crippen molar-refractivity contribution in [3.05, 3.63) is 46.7 Å². The zero-order valence-corrected chi connectivity index (χ0v) is 18.7. The number of fused-ring (bicyclic) bond motifs is 1. The molecule has 0 fully saturated rings. The molecule has 1 aromatic carbocycles. The number of nitrogens with one attached hydrogen (secondary N) is 1. The van der Waals surface area contributed by atoms with Gasteiger partial charge in [-0.05, 0) is 37.4 Å². The second kappa shape index (κ2) is 9.55. The summed E-state index contributed by atoms with van der Waals surface area (Å²) in [7, 11) is 1.98. The van der Waals surface area contributed by atoms with E-state index < -0.39 is 0 Å². The van der Waals surface area contributed by atoms with Crippen LogP contribution in [0.1, 0.15) is 31.5 Å². The Morgan fingerprint density at radius 2 is 2.17 bits per heavy atom. The highest BCUT2D eigenvalue weighted by Gasteiger charge is 2.32. The zero-order chi connectivity index (χ0) is 21.7. The maximum atomic E-state index is 12.9. The Balaban J connectivity index is 1.71. The van der Waals surface area contributed by atoms with Gasteiger partial charge < -0.3 is 10.2 Å². The molecule has 2 amide bonds. The first-order valence-electron chi connectivity index (χ1n) is 10.3. The van der Waals surface area contributed by atoms with Crippen molar-refractivity contribution < 1.29 is 4.79 Å². The summed E-state index contributed by atoms with van der Waals surface area (Å²) in [4.78, 5) is 16.8. The third kappa shape index (κ3) is 5.35. The smallest absolute Gasteiger partial charge is 0.317 e. The quantitative estimate of drug-likeness (QED) is 0.566. The highest BCUT2D eigenvalue weighted by atomic mass is 35.5. The van der Waals surface area contributed by atoms with Crippen molar-refractivity contribution in [2.45, 2.75) is 33.2 Å². The minimum Gasteiger partial charge on any atom is -0.338 e. The summed E-state index contributed by atoms with van der Waals surface area (Å²) in [5.74, 6) is 2.63. The molecule has 3 rings (SSSR count). The van der Waals surface area contributed by atoms with Gasteiger partial charge in [-0.25, -0.2) is 9.48 Å². The predicted octanol–water partition coefficient (Wildman–Crippen LogP) is 3.57. The molecule has 6 nitrogen and oxygen atoms in total. The van der Waals surface area contributed by atoms with Crippen molar-refractivity contribution in [1.29, 1.82) is 0 Å². The van der Waals surface area contributed by atoms with E-state index in [0.29, 0.717) is 31.2 Å². The Morgan fingerprint density at radius 1 is 1.40 bits per heavy atom. The monoisotopic (exact) mass is 427 g/mol. The van der Waals surface area contributed by atoms with Gasteiger partial charge in [0.1, 0.15) is 0 Å². The van der Waals surface area contributed by atoms with Crippen molar-refractivity contribution in [3.63, 3.8) is 0 Å². The van der Waals surface area contributed by atoms with E-state index >= 15 is 0 Å². The Kier molecular flexibility index (Phi) is 7.06. The second-order valence-corrected chi connectivity index (χ2v) is 9.11. The van der Waals surface area contributed by atoms with Crippen LogP contribution in [0.15, 0.2) is 30.5 Å². The van der Waals surface area contributed by atoms with Crippen molar-refractivity contribution in [3.8, 4) is 18.0 Å². The Morgan fingerprint density at radius 3 is 2.90 bits per heavy atom. The van der Waals surface area contributed by atoms with Crippen molar-refractivity contribution in [2.24, 2.45) is 5.41 Å². The molecule has 160 valence electrons. The molecule has 0 spiro atoms. The number of benzene rings is 1. The van der Waals surface area contributed by atoms with Gasteiger partial charge in [0.15, 0.2) is 0 Å². The molecule has 0 saturated carbocycles. The average molecular weight is 428 g/mol. The lowest BCUT2D eigenvalue weighted by Crippen LogP contribution is -2.44. The summed E-state index contributed by atoms with van der Waals surface area (Å²) in [6.45, 7) is 7.66. The molecule has 0 bridgehead atoms. The SMILES string of the molecule is C#CCN(C)CCCNC(=O)N1Cc2cnn(-c3ccccc3Cl)c2CC(C)(C)C1. The number of carbonyl (C=O) groups excluding carboxylic acids is 1. The maximum Gasteiger partial charge on any atom is 0.317 e. The van der Waals surface area contributed by atoms with E-state index in [1.807, 2.05) is 47.1 Å². The number of hydrogen-bond acceptors (Lipinski definition) is 3. The molecule has 2 heterocycles. The molecule has 0 atom stereocenters. The van der Waals surface area contributed by atoms with Crippen molar-refractivity contribution >= 4 is 17.6 Å². The van der Waals surface area contributed by atoms with Crippen LogP contribution >= 0.6 is 11.6 Å². The van der Waals surface area contributed by atoms with E-state index in [1.54, 1.807) is 0 Å². The number of halogens is 1. The summed E-state index contributed by atoms with van der Waals surface area (Å²) >= 11 is 6.41. The highest BCUT2D eigenvalue weighted by molar-refractivity contribution is 6.32. The third-order valence-corrected chi connectivity index (χ3v) is 5.62. The second-order valence-electron chi connectivity index (χ2n) is 8.70. The van der Waals surface area contributed by atoms with Gasteiger partial charge >= 0.3 is 6.03 Å². The van der Waals surface area contributed by atoms with Gasteiger partial charge in [-0.1, -0.05) is 43.5 Å². The molecule has 1 N–H and O–H groups in total. The van der Waals surface area contributed by atoms with E-state index in [2.05, 4.69) is 35.1 Å². The lowest BCUT2D eigenvalue weighted by atomic mass is 9.87. The van der Waals surface area contributed by atoms with Crippen LogP contribution in [-0.2, 0) is 13.0 Å². The number of amides is 2. The first-order valence-corrected chi connectivity index (χ1v) is 10.6. The molecular weight excluding hydrogens is 398 g/mol. The maximum absolute atomic E-state index is 12.9. The van der Waals surface area contributed by atoms with Gasteiger partial charge in [-0.3, -0.25) is 4.90 Å². The third-order valence-electron chi connectivity index (χ3n) is 5.30. The normalized spacial score (nSPS) is 15.4. The Labute approximate surface area is 184 Å². The standard InChI is InChI=1S/C23H30ClN5O/c1-5-12-27(4)13-8-11-25-22(30)28-16-18-15-26-29(20-10-7-6-9-19(20)24)21(18)14-23(2,3)17-28/h1,6-7,9-10,15H,8,11-14,16-17H2,2-4H3,(H,25,30). The van der Waals surface area contributed by atoms with Gasteiger partial charge in [0.05, 0.1) is 30.0 Å². The molecule has 0 unspecified atom stereocenters. The summed E-state index contributed by atoms with van der Waals surface area (Å²) < 4.78 is 1.92. The van der Waals surface area contributed by atoms with Gasteiger partial charge in [0, 0.05) is 30.9 Å². The Hall–Kier alpha value is -2.49. The lowest BCUT2D eigenvalue weighted by molar-refractivity contribution is 0.167. The fourth-order valence-corrected chi connectivity index (χ4v) is 4.10. The number of terminal acetylenes is 1. The van der Waals surface area contributed by atoms with Gasteiger partial charge in [0.25, 0.3) is 0 Å². The summed E-state index contributed by atoms with van der Waals surface area (Å²) in [5, 5.41) is 8.31. The van der Waals surface area contributed by atoms with Crippen LogP contribution < -0.4 is 5.32 Å². The minimum atomic E-state index is -0.0886. The summed E-state index contributed by atoms with van der Waals surface area (Å²) in [6.07, 6.45) is 8.85. The lowest BCUT2D eigenvalue weighted by Gasteiger charge is -2.30. The fraction of sp³-hybridized carbons (Fsp3) is 0.478. The van der Waals surface area contributed by atoms with Gasteiger partial charge in [-0.15, -0.1) is 6.42 Å². The number of carbonyl (C=O) groups is 1. The van der Waals surface area contributed by atoms with Gasteiger partial charge in [-0.2, -0.15) is 5.10 Å². The summed E-state index contributed by atoms with van der Waals surface area (Å²) in [5.41, 5.74) is 2.95. The van der Waals surface area contributed by atoms with E-state index in [4.69, 9.17) is 18.0 Å². The van der Waals surface area contributed by atoms with Gasteiger partial charge in [0.2, 0.25) is 0 Å². The molecule has 1 aliphatic heterocycles. The van der Waals surface area contributed by atoms with Crippen LogP contribution in [0.3, 0.4) is 0 Å². The van der Waals surface area contributed by atoms with Crippen LogP contribution in [0.25, 0.3) is 5.69 Å². The number of hydrogen-bond donors (Lipinski definition) is 1. The van der Waals surface area contributed by atoms with Crippen LogP contribution in [0.4, 0.5) is 4.79 Å². The number of nitrogens with zero attached hydrogens (tertiary/aromatic N) is 4.